The first-order chi connectivity index (χ1) is 23.8. The van der Waals surface area contributed by atoms with Crippen molar-refractivity contribution in [2.24, 2.45) is 28.6 Å². The minimum absolute atomic E-state index is 0.120. The SMILES string of the molecule is CC(=O)OC1CC2(C)C(C3=CC(=O)OC3)CCC2(O)C2CCC3(O)CC(OC4OC(C)C(OC(C)=O)C(OC(C)=O)C4OC(C)=O)CCC3(C)C12. The first-order valence-corrected chi connectivity index (χ1v) is 18.1. The van der Waals surface area contributed by atoms with E-state index in [1.807, 2.05) is 13.8 Å². The van der Waals surface area contributed by atoms with Crippen LogP contribution in [0.5, 0.6) is 0 Å². The van der Waals surface area contributed by atoms with Crippen LogP contribution in [-0.4, -0.2) is 101 Å². The van der Waals surface area contributed by atoms with Crippen molar-refractivity contribution in [1.82, 2.24) is 0 Å². The second kappa shape index (κ2) is 13.4. The summed E-state index contributed by atoms with van der Waals surface area (Å²) in [6.45, 7) is 10.8. The summed E-state index contributed by atoms with van der Waals surface area (Å²) in [4.78, 5) is 61.0. The predicted molar refractivity (Wildman–Crippen MR) is 174 cm³/mol. The Kier molecular flexibility index (Phi) is 9.91. The summed E-state index contributed by atoms with van der Waals surface area (Å²) in [5.41, 5.74) is -3.04. The van der Waals surface area contributed by atoms with Crippen LogP contribution in [0.1, 0.15) is 99.8 Å². The molecule has 4 saturated carbocycles. The third-order valence-electron chi connectivity index (χ3n) is 13.3. The summed E-state index contributed by atoms with van der Waals surface area (Å²) in [5.74, 6) is -3.60. The van der Waals surface area contributed by atoms with E-state index in [1.165, 1.54) is 33.8 Å². The van der Waals surface area contributed by atoms with E-state index >= 15 is 0 Å². The zero-order chi connectivity index (χ0) is 37.3. The Bertz CT molecular complexity index is 1480. The van der Waals surface area contributed by atoms with Gasteiger partial charge < -0.3 is 43.4 Å². The number of fused-ring (bicyclic) bond motifs is 5. The smallest absolute Gasteiger partial charge is 0.331 e. The maximum atomic E-state index is 12.7. The van der Waals surface area contributed by atoms with Gasteiger partial charge in [-0.25, -0.2) is 4.79 Å². The van der Waals surface area contributed by atoms with Gasteiger partial charge in [-0.3, -0.25) is 19.2 Å². The van der Waals surface area contributed by atoms with Crippen LogP contribution >= 0.6 is 0 Å². The fourth-order valence-corrected chi connectivity index (χ4v) is 11.1. The Labute approximate surface area is 297 Å². The van der Waals surface area contributed by atoms with Gasteiger partial charge in [0.2, 0.25) is 0 Å². The molecule has 14 unspecified atom stereocenters. The van der Waals surface area contributed by atoms with Crippen molar-refractivity contribution in [2.75, 3.05) is 6.61 Å². The van der Waals surface area contributed by atoms with Crippen LogP contribution in [0, 0.1) is 28.6 Å². The first kappa shape index (κ1) is 37.7. The standard InChI is InChI=1S/C37H52O14/c1-18-30(48-20(3)39)31(49-21(4)40)32(50-22(5)41)33(46-18)51-24-8-11-34(6)29-26(9-12-36(34,43)15-24)37(44)13-10-25(23-14-28(42)45-17-23)35(37,7)16-27(29)47-19(2)38/h14,18,24-27,29-33,43-44H,8-13,15-17H2,1-7H3. The number of carbonyl (C=O) groups excluding carboxylic acids is 5. The summed E-state index contributed by atoms with van der Waals surface area (Å²) in [6, 6.07) is 0. The van der Waals surface area contributed by atoms with Gasteiger partial charge in [0.15, 0.2) is 24.6 Å². The van der Waals surface area contributed by atoms with Gasteiger partial charge in [-0.1, -0.05) is 13.8 Å². The highest BCUT2D eigenvalue weighted by Crippen LogP contribution is 2.71. The van der Waals surface area contributed by atoms with Gasteiger partial charge in [0.05, 0.1) is 23.4 Å². The molecule has 2 aliphatic heterocycles. The number of hydrogen-bond acceptors (Lipinski definition) is 14. The van der Waals surface area contributed by atoms with Crippen LogP contribution in [-0.2, 0) is 57.1 Å². The van der Waals surface area contributed by atoms with Crippen LogP contribution < -0.4 is 0 Å². The lowest BCUT2D eigenvalue weighted by Crippen LogP contribution is -2.71. The zero-order valence-corrected chi connectivity index (χ0v) is 30.5. The van der Waals surface area contributed by atoms with Crippen LogP contribution in [0.4, 0.5) is 0 Å². The van der Waals surface area contributed by atoms with Crippen LogP contribution in [0.2, 0.25) is 0 Å². The molecule has 5 fully saturated rings. The van der Waals surface area contributed by atoms with E-state index in [0.29, 0.717) is 44.9 Å². The highest BCUT2D eigenvalue weighted by molar-refractivity contribution is 5.85. The minimum Gasteiger partial charge on any atom is -0.462 e. The van der Waals surface area contributed by atoms with Gasteiger partial charge in [0, 0.05) is 56.9 Å². The molecule has 0 bridgehead atoms. The van der Waals surface area contributed by atoms with Crippen LogP contribution in [0.25, 0.3) is 0 Å². The van der Waals surface area contributed by atoms with Gasteiger partial charge in [0.1, 0.15) is 12.7 Å². The molecule has 2 heterocycles. The van der Waals surface area contributed by atoms with Crippen molar-refractivity contribution in [3.05, 3.63) is 11.6 Å². The number of rotatable bonds is 7. The molecule has 0 aromatic rings. The fourth-order valence-electron chi connectivity index (χ4n) is 11.1. The minimum atomic E-state index is -1.29. The van der Waals surface area contributed by atoms with Crippen molar-refractivity contribution in [2.45, 2.75) is 154 Å². The number of aliphatic hydroxyl groups is 2. The lowest BCUT2D eigenvalue weighted by molar-refractivity contribution is -0.326. The average molecular weight is 721 g/mol. The maximum Gasteiger partial charge on any atom is 0.331 e. The zero-order valence-electron chi connectivity index (χ0n) is 30.5. The Morgan fingerprint density at radius 3 is 2.02 bits per heavy atom. The number of ether oxygens (including phenoxy) is 7. The topological polar surface area (TPSA) is 190 Å². The Morgan fingerprint density at radius 2 is 1.41 bits per heavy atom. The van der Waals surface area contributed by atoms with Gasteiger partial charge in [-0.2, -0.15) is 0 Å². The molecule has 0 radical (unpaired) electrons. The van der Waals surface area contributed by atoms with E-state index < -0.39 is 88.8 Å². The Balaban J connectivity index is 1.27. The number of cyclic esters (lactones) is 1. The largest absolute Gasteiger partial charge is 0.462 e. The van der Waals surface area contributed by atoms with Crippen LogP contribution in [0.15, 0.2) is 11.6 Å². The van der Waals surface area contributed by atoms with Gasteiger partial charge in [0.25, 0.3) is 0 Å². The lowest BCUT2D eigenvalue weighted by Gasteiger charge is -2.67. The molecule has 1 saturated heterocycles. The number of hydrogen-bond donors (Lipinski definition) is 2. The summed E-state index contributed by atoms with van der Waals surface area (Å²) in [7, 11) is 0. The second-order valence-corrected chi connectivity index (χ2v) is 16.2. The third kappa shape index (κ3) is 6.37. The van der Waals surface area contributed by atoms with Gasteiger partial charge in [-0.15, -0.1) is 0 Å². The monoisotopic (exact) mass is 720 g/mol. The first-order valence-electron chi connectivity index (χ1n) is 18.1. The molecule has 2 N–H and O–H groups in total. The molecule has 14 nitrogen and oxygen atoms in total. The molecule has 4 aliphatic carbocycles. The van der Waals surface area contributed by atoms with Crippen molar-refractivity contribution < 1.29 is 67.3 Å². The summed E-state index contributed by atoms with van der Waals surface area (Å²) < 4.78 is 40.5. The van der Waals surface area contributed by atoms with E-state index in [0.717, 1.165) is 5.57 Å². The van der Waals surface area contributed by atoms with Gasteiger partial charge in [-0.05, 0) is 69.3 Å². The van der Waals surface area contributed by atoms with Crippen molar-refractivity contribution in [3.8, 4) is 0 Å². The summed E-state index contributed by atoms with van der Waals surface area (Å²) >= 11 is 0. The van der Waals surface area contributed by atoms with Gasteiger partial charge >= 0.3 is 29.8 Å². The molecule has 0 amide bonds. The molecule has 0 aromatic heterocycles. The van der Waals surface area contributed by atoms with E-state index in [-0.39, 0.29) is 36.8 Å². The molecular formula is C37H52O14. The molecule has 14 atom stereocenters. The molecule has 284 valence electrons. The molecule has 6 rings (SSSR count). The molecular weight excluding hydrogens is 668 g/mol. The molecule has 51 heavy (non-hydrogen) atoms. The number of esters is 5. The normalized spacial score (nSPS) is 46.0. The fraction of sp³-hybridized carbons (Fsp3) is 0.811. The third-order valence-corrected chi connectivity index (χ3v) is 13.3. The quantitative estimate of drug-likeness (QED) is 0.222. The van der Waals surface area contributed by atoms with Crippen molar-refractivity contribution >= 4 is 29.8 Å². The van der Waals surface area contributed by atoms with Crippen molar-refractivity contribution in [1.29, 1.82) is 0 Å². The molecule has 0 aromatic carbocycles. The Morgan fingerprint density at radius 1 is 0.784 bits per heavy atom. The second-order valence-electron chi connectivity index (χ2n) is 16.2. The molecule has 6 aliphatic rings. The van der Waals surface area contributed by atoms with Crippen LogP contribution in [0.3, 0.4) is 0 Å². The highest BCUT2D eigenvalue weighted by Gasteiger charge is 2.73. The van der Waals surface area contributed by atoms with E-state index in [4.69, 9.17) is 33.2 Å². The van der Waals surface area contributed by atoms with E-state index in [9.17, 15) is 34.2 Å². The summed E-state index contributed by atoms with van der Waals surface area (Å²) in [6.07, 6.45) is -1.75. The van der Waals surface area contributed by atoms with E-state index in [2.05, 4.69) is 0 Å². The molecule has 14 heteroatoms. The predicted octanol–water partition coefficient (Wildman–Crippen LogP) is 2.83. The molecule has 0 spiro atoms. The maximum absolute atomic E-state index is 12.7. The highest BCUT2D eigenvalue weighted by atomic mass is 16.7. The average Bonchev–Trinajstić information content (AvgIpc) is 3.55. The lowest BCUT2D eigenvalue weighted by atomic mass is 9.41. The van der Waals surface area contributed by atoms with E-state index in [1.54, 1.807) is 6.92 Å². The van der Waals surface area contributed by atoms with Crippen molar-refractivity contribution in [3.63, 3.8) is 0 Å². The summed E-state index contributed by atoms with van der Waals surface area (Å²) in [5, 5.41) is 25.4. The Hall–Kier alpha value is -3.07. The number of carbonyl (C=O) groups is 5.